The first-order valence-corrected chi connectivity index (χ1v) is 5.54. The van der Waals surface area contributed by atoms with E-state index < -0.39 is 0 Å². The van der Waals surface area contributed by atoms with E-state index in [4.69, 9.17) is 0 Å². The lowest BCUT2D eigenvalue weighted by Crippen LogP contribution is -2.27. The van der Waals surface area contributed by atoms with Gasteiger partial charge in [-0.15, -0.1) is 0 Å². The third-order valence-corrected chi connectivity index (χ3v) is 3.29. The van der Waals surface area contributed by atoms with Gasteiger partial charge in [0.05, 0.1) is 0 Å². The van der Waals surface area contributed by atoms with Crippen molar-refractivity contribution in [3.05, 3.63) is 18.0 Å². The summed E-state index contributed by atoms with van der Waals surface area (Å²) in [7, 11) is 1.93. The standard InChI is InChI=1S/C11H15N3O/c1-14-10(4-5-12-14)8-6-9(8)11(15)13-7-2-3-7/h4-5,7-9H,2-3,6H2,1H3,(H,13,15)/t8-,9+/m0/s1. The molecule has 0 spiro atoms. The van der Waals surface area contributed by atoms with E-state index in [1.54, 1.807) is 6.20 Å². The quantitative estimate of drug-likeness (QED) is 0.793. The van der Waals surface area contributed by atoms with E-state index in [0.29, 0.717) is 12.0 Å². The normalized spacial score (nSPS) is 28.9. The summed E-state index contributed by atoms with van der Waals surface area (Å²) in [6, 6.07) is 2.49. The number of nitrogens with one attached hydrogen (secondary N) is 1. The molecule has 4 nitrogen and oxygen atoms in total. The van der Waals surface area contributed by atoms with Gasteiger partial charge in [0.25, 0.3) is 0 Å². The van der Waals surface area contributed by atoms with E-state index in [1.807, 2.05) is 17.8 Å². The summed E-state index contributed by atoms with van der Waals surface area (Å²) >= 11 is 0. The molecule has 1 amide bonds. The molecule has 0 bridgehead atoms. The first-order valence-electron chi connectivity index (χ1n) is 5.54. The fourth-order valence-corrected chi connectivity index (χ4v) is 2.10. The van der Waals surface area contributed by atoms with Gasteiger partial charge in [0.1, 0.15) is 0 Å². The van der Waals surface area contributed by atoms with Crippen molar-refractivity contribution < 1.29 is 4.79 Å². The Morgan fingerprint density at radius 2 is 2.40 bits per heavy atom. The summed E-state index contributed by atoms with van der Waals surface area (Å²) in [4.78, 5) is 11.7. The minimum Gasteiger partial charge on any atom is -0.353 e. The number of aryl methyl sites for hydroxylation is 1. The predicted molar refractivity (Wildman–Crippen MR) is 55.2 cm³/mol. The molecule has 0 unspecified atom stereocenters. The molecule has 1 aromatic heterocycles. The highest BCUT2D eigenvalue weighted by molar-refractivity contribution is 5.83. The van der Waals surface area contributed by atoms with Gasteiger partial charge in [-0.05, 0) is 25.3 Å². The van der Waals surface area contributed by atoms with Crippen LogP contribution in [0.4, 0.5) is 0 Å². The topological polar surface area (TPSA) is 46.9 Å². The molecule has 2 saturated carbocycles. The summed E-state index contributed by atoms with van der Waals surface area (Å²) in [5.74, 6) is 0.834. The Labute approximate surface area is 88.7 Å². The number of aromatic nitrogens is 2. The average molecular weight is 205 g/mol. The van der Waals surface area contributed by atoms with Gasteiger partial charge in [0, 0.05) is 36.8 Å². The van der Waals surface area contributed by atoms with Crippen molar-refractivity contribution in [3.8, 4) is 0 Å². The number of hydrogen-bond donors (Lipinski definition) is 1. The Kier molecular flexibility index (Phi) is 1.84. The average Bonchev–Trinajstić information content (AvgIpc) is 3.08. The molecule has 1 aromatic rings. The lowest BCUT2D eigenvalue weighted by molar-refractivity contribution is -0.122. The number of rotatable bonds is 3. The van der Waals surface area contributed by atoms with Crippen LogP contribution in [0.5, 0.6) is 0 Å². The Balaban J connectivity index is 1.63. The molecule has 2 aliphatic rings. The van der Waals surface area contributed by atoms with Crippen LogP contribution in [0.2, 0.25) is 0 Å². The second kappa shape index (κ2) is 3.08. The molecular weight excluding hydrogens is 190 g/mol. The second-order valence-electron chi connectivity index (χ2n) is 4.61. The molecule has 2 fully saturated rings. The van der Waals surface area contributed by atoms with E-state index in [1.165, 1.54) is 5.69 Å². The van der Waals surface area contributed by atoms with E-state index >= 15 is 0 Å². The second-order valence-corrected chi connectivity index (χ2v) is 4.61. The highest BCUT2D eigenvalue weighted by Crippen LogP contribution is 2.47. The van der Waals surface area contributed by atoms with Crippen LogP contribution in [0.15, 0.2) is 12.3 Å². The molecule has 1 heterocycles. The van der Waals surface area contributed by atoms with Crippen LogP contribution in [0.3, 0.4) is 0 Å². The summed E-state index contributed by atoms with van der Waals surface area (Å²) in [6.07, 6.45) is 5.10. The molecule has 3 rings (SSSR count). The molecule has 4 heteroatoms. The van der Waals surface area contributed by atoms with Gasteiger partial charge in [-0.2, -0.15) is 5.10 Å². The zero-order valence-electron chi connectivity index (χ0n) is 8.81. The maximum atomic E-state index is 11.7. The number of nitrogens with zero attached hydrogens (tertiary/aromatic N) is 2. The molecule has 2 atom stereocenters. The smallest absolute Gasteiger partial charge is 0.224 e. The van der Waals surface area contributed by atoms with Crippen molar-refractivity contribution in [1.82, 2.24) is 15.1 Å². The van der Waals surface area contributed by atoms with Gasteiger partial charge in [-0.1, -0.05) is 0 Å². The zero-order valence-corrected chi connectivity index (χ0v) is 8.81. The molecule has 80 valence electrons. The molecule has 0 saturated heterocycles. The largest absolute Gasteiger partial charge is 0.353 e. The van der Waals surface area contributed by atoms with Crippen molar-refractivity contribution in [2.45, 2.75) is 31.2 Å². The van der Waals surface area contributed by atoms with Gasteiger partial charge < -0.3 is 5.32 Å². The van der Waals surface area contributed by atoms with E-state index in [9.17, 15) is 4.79 Å². The van der Waals surface area contributed by atoms with Crippen LogP contribution in [0.1, 0.15) is 30.9 Å². The monoisotopic (exact) mass is 205 g/mol. The van der Waals surface area contributed by atoms with Crippen molar-refractivity contribution in [2.75, 3.05) is 0 Å². The fourth-order valence-electron chi connectivity index (χ4n) is 2.10. The van der Waals surface area contributed by atoms with Gasteiger partial charge in [0.2, 0.25) is 5.91 Å². The molecule has 1 N–H and O–H groups in total. The lowest BCUT2D eigenvalue weighted by atomic mass is 10.2. The maximum Gasteiger partial charge on any atom is 0.224 e. The van der Waals surface area contributed by atoms with Crippen molar-refractivity contribution in [1.29, 1.82) is 0 Å². The maximum absolute atomic E-state index is 11.7. The van der Waals surface area contributed by atoms with Crippen LogP contribution >= 0.6 is 0 Å². The fraction of sp³-hybridized carbons (Fsp3) is 0.636. The van der Waals surface area contributed by atoms with E-state index in [-0.39, 0.29) is 11.8 Å². The first-order chi connectivity index (χ1) is 7.25. The van der Waals surface area contributed by atoms with Gasteiger partial charge in [-0.25, -0.2) is 0 Å². The van der Waals surface area contributed by atoms with Crippen LogP contribution in [0.25, 0.3) is 0 Å². The zero-order chi connectivity index (χ0) is 10.4. The number of carbonyl (C=O) groups is 1. The lowest BCUT2D eigenvalue weighted by Gasteiger charge is -2.02. The minimum absolute atomic E-state index is 0.195. The minimum atomic E-state index is 0.195. The third-order valence-electron chi connectivity index (χ3n) is 3.29. The van der Waals surface area contributed by atoms with Crippen molar-refractivity contribution >= 4 is 5.91 Å². The molecule has 15 heavy (non-hydrogen) atoms. The molecule has 0 aliphatic heterocycles. The Hall–Kier alpha value is -1.32. The van der Waals surface area contributed by atoms with Gasteiger partial charge >= 0.3 is 0 Å². The highest BCUT2D eigenvalue weighted by Gasteiger charge is 2.46. The first kappa shape index (κ1) is 8.95. The summed E-state index contributed by atoms with van der Waals surface area (Å²) in [5, 5.41) is 7.19. The molecule has 2 aliphatic carbocycles. The highest BCUT2D eigenvalue weighted by atomic mass is 16.2. The number of amides is 1. The Bertz CT molecular complexity index is 394. The molecular formula is C11H15N3O. The number of carbonyl (C=O) groups excluding carboxylic acids is 1. The Morgan fingerprint density at radius 1 is 1.60 bits per heavy atom. The van der Waals surface area contributed by atoms with Gasteiger partial charge in [-0.3, -0.25) is 9.48 Å². The van der Waals surface area contributed by atoms with Crippen LogP contribution in [-0.4, -0.2) is 21.7 Å². The summed E-state index contributed by atoms with van der Waals surface area (Å²) < 4.78 is 1.87. The SMILES string of the molecule is Cn1nccc1[C@H]1C[C@H]1C(=O)NC1CC1. The van der Waals surface area contributed by atoms with E-state index in [2.05, 4.69) is 10.4 Å². The predicted octanol–water partition coefficient (Wildman–Crippen LogP) is 0.802. The summed E-state index contributed by atoms with van der Waals surface area (Å²) in [5.41, 5.74) is 1.19. The molecule has 0 radical (unpaired) electrons. The van der Waals surface area contributed by atoms with Crippen LogP contribution in [0, 0.1) is 5.92 Å². The number of hydrogen-bond acceptors (Lipinski definition) is 2. The van der Waals surface area contributed by atoms with E-state index in [0.717, 1.165) is 19.3 Å². The molecule has 0 aromatic carbocycles. The van der Waals surface area contributed by atoms with Crippen LogP contribution in [-0.2, 0) is 11.8 Å². The van der Waals surface area contributed by atoms with Crippen LogP contribution < -0.4 is 5.32 Å². The Morgan fingerprint density at radius 3 is 3.00 bits per heavy atom. The van der Waals surface area contributed by atoms with Crippen molar-refractivity contribution in [3.63, 3.8) is 0 Å². The third kappa shape index (κ3) is 1.64. The van der Waals surface area contributed by atoms with Crippen molar-refractivity contribution in [2.24, 2.45) is 13.0 Å². The summed E-state index contributed by atoms with van der Waals surface area (Å²) in [6.45, 7) is 0. The van der Waals surface area contributed by atoms with Gasteiger partial charge in [0.15, 0.2) is 0 Å².